The number of rotatable bonds is 5. The SMILES string of the molecule is COc1ccc(CNC2CCCCC2(C)C)c(OC)c1. The van der Waals surface area contributed by atoms with Gasteiger partial charge in [0, 0.05) is 24.2 Å². The maximum Gasteiger partial charge on any atom is 0.127 e. The van der Waals surface area contributed by atoms with Crippen LogP contribution in [-0.4, -0.2) is 20.3 Å². The van der Waals surface area contributed by atoms with Crippen molar-refractivity contribution in [2.75, 3.05) is 14.2 Å². The highest BCUT2D eigenvalue weighted by atomic mass is 16.5. The predicted octanol–water partition coefficient (Wildman–Crippen LogP) is 3.76. The maximum atomic E-state index is 5.46. The Hall–Kier alpha value is -1.22. The van der Waals surface area contributed by atoms with Crippen LogP contribution < -0.4 is 14.8 Å². The monoisotopic (exact) mass is 277 g/mol. The zero-order valence-corrected chi connectivity index (χ0v) is 13.2. The average molecular weight is 277 g/mol. The van der Waals surface area contributed by atoms with Gasteiger partial charge in [-0.3, -0.25) is 0 Å². The van der Waals surface area contributed by atoms with Crippen molar-refractivity contribution in [3.8, 4) is 11.5 Å². The molecule has 1 aromatic carbocycles. The van der Waals surface area contributed by atoms with Gasteiger partial charge in [-0.2, -0.15) is 0 Å². The molecule has 1 saturated carbocycles. The third-order valence-electron chi connectivity index (χ3n) is 4.54. The molecule has 0 spiro atoms. The van der Waals surface area contributed by atoms with Gasteiger partial charge in [0.2, 0.25) is 0 Å². The Morgan fingerprint density at radius 2 is 2.00 bits per heavy atom. The molecule has 2 rings (SSSR count). The van der Waals surface area contributed by atoms with Crippen LogP contribution in [0.3, 0.4) is 0 Å². The molecule has 0 heterocycles. The molecule has 20 heavy (non-hydrogen) atoms. The van der Waals surface area contributed by atoms with Crippen molar-refractivity contribution in [3.05, 3.63) is 23.8 Å². The van der Waals surface area contributed by atoms with E-state index in [1.54, 1.807) is 14.2 Å². The lowest BCUT2D eigenvalue weighted by Gasteiger charge is -2.39. The topological polar surface area (TPSA) is 30.5 Å². The first-order valence-corrected chi connectivity index (χ1v) is 7.51. The maximum absolute atomic E-state index is 5.46. The fourth-order valence-corrected chi connectivity index (χ4v) is 3.10. The molecule has 1 atom stereocenters. The molecule has 0 bridgehead atoms. The Kier molecular flexibility index (Phi) is 4.92. The summed E-state index contributed by atoms with van der Waals surface area (Å²) in [6, 6.07) is 6.61. The van der Waals surface area contributed by atoms with E-state index in [9.17, 15) is 0 Å². The van der Waals surface area contributed by atoms with Gasteiger partial charge in [0.15, 0.2) is 0 Å². The normalized spacial score (nSPS) is 21.5. The van der Waals surface area contributed by atoms with Gasteiger partial charge >= 0.3 is 0 Å². The van der Waals surface area contributed by atoms with Gasteiger partial charge in [0.05, 0.1) is 14.2 Å². The largest absolute Gasteiger partial charge is 0.497 e. The molecule has 1 fully saturated rings. The van der Waals surface area contributed by atoms with Crippen molar-refractivity contribution >= 4 is 0 Å². The summed E-state index contributed by atoms with van der Waals surface area (Å²) >= 11 is 0. The van der Waals surface area contributed by atoms with E-state index in [1.165, 1.54) is 31.2 Å². The van der Waals surface area contributed by atoms with Gasteiger partial charge in [-0.15, -0.1) is 0 Å². The first-order chi connectivity index (χ1) is 9.56. The molecular formula is C17H27NO2. The van der Waals surface area contributed by atoms with Crippen LogP contribution in [0.2, 0.25) is 0 Å². The van der Waals surface area contributed by atoms with E-state index in [-0.39, 0.29) is 0 Å². The Labute approximate surface area is 122 Å². The number of hydrogen-bond acceptors (Lipinski definition) is 3. The summed E-state index contributed by atoms with van der Waals surface area (Å²) in [7, 11) is 3.39. The van der Waals surface area contributed by atoms with Gasteiger partial charge < -0.3 is 14.8 Å². The van der Waals surface area contributed by atoms with E-state index in [4.69, 9.17) is 9.47 Å². The van der Waals surface area contributed by atoms with Gasteiger partial charge in [-0.25, -0.2) is 0 Å². The molecular weight excluding hydrogens is 250 g/mol. The van der Waals surface area contributed by atoms with Crippen LogP contribution in [0, 0.1) is 5.41 Å². The molecule has 1 aliphatic carbocycles. The third kappa shape index (κ3) is 3.45. The Morgan fingerprint density at radius 3 is 2.65 bits per heavy atom. The molecule has 3 heteroatoms. The molecule has 1 N–H and O–H groups in total. The Morgan fingerprint density at radius 1 is 1.20 bits per heavy atom. The fourth-order valence-electron chi connectivity index (χ4n) is 3.10. The molecule has 0 radical (unpaired) electrons. The summed E-state index contributed by atoms with van der Waals surface area (Å²) in [5, 5.41) is 3.72. The molecule has 3 nitrogen and oxygen atoms in total. The van der Waals surface area contributed by atoms with Crippen molar-refractivity contribution in [2.24, 2.45) is 5.41 Å². The lowest BCUT2D eigenvalue weighted by atomic mass is 9.73. The number of methoxy groups -OCH3 is 2. The lowest BCUT2D eigenvalue weighted by molar-refractivity contribution is 0.166. The van der Waals surface area contributed by atoms with Crippen LogP contribution in [0.1, 0.15) is 45.1 Å². The van der Waals surface area contributed by atoms with E-state index < -0.39 is 0 Å². The van der Waals surface area contributed by atoms with Gasteiger partial charge in [-0.05, 0) is 24.3 Å². The quantitative estimate of drug-likeness (QED) is 0.889. The molecule has 1 aliphatic rings. The van der Waals surface area contributed by atoms with Crippen molar-refractivity contribution in [3.63, 3.8) is 0 Å². The smallest absolute Gasteiger partial charge is 0.127 e. The first kappa shape index (κ1) is 15.2. The lowest BCUT2D eigenvalue weighted by Crippen LogP contribution is -2.43. The van der Waals surface area contributed by atoms with Crippen LogP contribution in [0.4, 0.5) is 0 Å². The van der Waals surface area contributed by atoms with Crippen LogP contribution >= 0.6 is 0 Å². The van der Waals surface area contributed by atoms with Gasteiger partial charge in [-0.1, -0.05) is 32.8 Å². The van der Waals surface area contributed by atoms with Crippen LogP contribution in [0.15, 0.2) is 18.2 Å². The zero-order chi connectivity index (χ0) is 14.6. The minimum atomic E-state index is 0.387. The Bertz CT molecular complexity index is 443. The highest BCUT2D eigenvalue weighted by Crippen LogP contribution is 2.36. The summed E-state index contributed by atoms with van der Waals surface area (Å²) < 4.78 is 10.7. The highest BCUT2D eigenvalue weighted by molar-refractivity contribution is 5.40. The van der Waals surface area contributed by atoms with Crippen LogP contribution in [-0.2, 0) is 6.54 Å². The van der Waals surface area contributed by atoms with Crippen molar-refractivity contribution < 1.29 is 9.47 Å². The first-order valence-electron chi connectivity index (χ1n) is 7.51. The van der Waals surface area contributed by atoms with Crippen molar-refractivity contribution in [1.82, 2.24) is 5.32 Å². The number of nitrogens with one attached hydrogen (secondary N) is 1. The van der Waals surface area contributed by atoms with E-state index in [1.807, 2.05) is 12.1 Å². The second-order valence-electron chi connectivity index (χ2n) is 6.35. The summed E-state index contributed by atoms with van der Waals surface area (Å²) in [4.78, 5) is 0. The number of ether oxygens (including phenoxy) is 2. The van der Waals surface area contributed by atoms with E-state index in [0.29, 0.717) is 11.5 Å². The highest BCUT2D eigenvalue weighted by Gasteiger charge is 2.31. The van der Waals surface area contributed by atoms with Crippen LogP contribution in [0.25, 0.3) is 0 Å². The predicted molar refractivity (Wildman–Crippen MR) is 82.4 cm³/mol. The standard InChI is InChI=1S/C17H27NO2/c1-17(2)10-6-5-7-16(17)18-12-13-8-9-14(19-3)11-15(13)20-4/h8-9,11,16,18H,5-7,10,12H2,1-4H3. The number of benzene rings is 1. The Balaban J connectivity index is 2.03. The third-order valence-corrected chi connectivity index (χ3v) is 4.54. The van der Waals surface area contributed by atoms with E-state index in [2.05, 4.69) is 25.2 Å². The van der Waals surface area contributed by atoms with Crippen LogP contribution in [0.5, 0.6) is 11.5 Å². The summed E-state index contributed by atoms with van der Waals surface area (Å²) in [5.74, 6) is 1.73. The summed E-state index contributed by atoms with van der Waals surface area (Å²) in [6.45, 7) is 5.59. The molecule has 1 aromatic rings. The van der Waals surface area contributed by atoms with Gasteiger partial charge in [0.25, 0.3) is 0 Å². The molecule has 0 aromatic heterocycles. The minimum absolute atomic E-state index is 0.387. The van der Waals surface area contributed by atoms with Crippen molar-refractivity contribution in [1.29, 1.82) is 0 Å². The minimum Gasteiger partial charge on any atom is -0.497 e. The van der Waals surface area contributed by atoms with Crippen molar-refractivity contribution in [2.45, 2.75) is 52.1 Å². The molecule has 1 unspecified atom stereocenters. The second kappa shape index (κ2) is 6.49. The average Bonchev–Trinajstić information content (AvgIpc) is 2.45. The van der Waals surface area contributed by atoms with E-state index >= 15 is 0 Å². The summed E-state index contributed by atoms with van der Waals surface area (Å²) in [6.07, 6.45) is 5.27. The van der Waals surface area contributed by atoms with E-state index in [0.717, 1.165) is 18.0 Å². The van der Waals surface area contributed by atoms with Gasteiger partial charge in [0.1, 0.15) is 11.5 Å². The summed E-state index contributed by atoms with van der Waals surface area (Å²) in [5.41, 5.74) is 1.58. The molecule has 0 saturated heterocycles. The molecule has 112 valence electrons. The molecule has 0 aliphatic heterocycles. The number of hydrogen-bond donors (Lipinski definition) is 1. The fraction of sp³-hybridized carbons (Fsp3) is 0.647. The second-order valence-corrected chi connectivity index (χ2v) is 6.35. The zero-order valence-electron chi connectivity index (χ0n) is 13.2. The molecule has 0 amide bonds.